The number of hydrogen-bond acceptors (Lipinski definition) is 6. The Balaban J connectivity index is 2.04. The second kappa shape index (κ2) is 5.71. The lowest BCUT2D eigenvalue weighted by atomic mass is 10.0. The zero-order valence-electron chi connectivity index (χ0n) is 11.6. The zero-order chi connectivity index (χ0) is 13.9. The minimum atomic E-state index is -0.726. The molecule has 5 N–H and O–H groups in total. The fourth-order valence-electron chi connectivity index (χ4n) is 2.06. The Morgan fingerprint density at radius 1 is 1.42 bits per heavy atom. The number of rotatable bonds is 7. The molecule has 0 amide bonds. The average Bonchev–Trinajstić information content (AvgIpc) is 3.20. The van der Waals surface area contributed by atoms with Gasteiger partial charge in [-0.05, 0) is 26.2 Å². The fourth-order valence-corrected chi connectivity index (χ4v) is 2.06. The van der Waals surface area contributed by atoms with Gasteiger partial charge in [-0.25, -0.2) is 15.8 Å². The molecule has 0 radical (unpaired) electrons. The van der Waals surface area contributed by atoms with E-state index in [1.54, 1.807) is 6.07 Å². The Morgan fingerprint density at radius 3 is 2.68 bits per heavy atom. The van der Waals surface area contributed by atoms with Crippen molar-refractivity contribution in [2.24, 2.45) is 5.84 Å². The lowest BCUT2D eigenvalue weighted by Crippen LogP contribution is -2.33. The van der Waals surface area contributed by atoms with Crippen molar-refractivity contribution in [2.75, 3.05) is 17.3 Å². The lowest BCUT2D eigenvalue weighted by molar-refractivity contribution is 0.0636. The molecular formula is C13H23N5O. The molecule has 0 spiro atoms. The average molecular weight is 265 g/mol. The van der Waals surface area contributed by atoms with E-state index in [4.69, 9.17) is 5.84 Å². The quantitative estimate of drug-likeness (QED) is 0.442. The van der Waals surface area contributed by atoms with Gasteiger partial charge in [0.05, 0.1) is 5.60 Å². The van der Waals surface area contributed by atoms with Crippen LogP contribution in [0.5, 0.6) is 0 Å². The third-order valence-corrected chi connectivity index (χ3v) is 3.27. The van der Waals surface area contributed by atoms with Gasteiger partial charge >= 0.3 is 0 Å². The molecule has 6 nitrogen and oxygen atoms in total. The number of aromatic nitrogens is 2. The number of nitrogen functional groups attached to an aromatic ring is 1. The second-order valence-electron chi connectivity index (χ2n) is 5.52. The number of anilines is 2. The second-order valence-corrected chi connectivity index (χ2v) is 5.52. The van der Waals surface area contributed by atoms with Crippen molar-refractivity contribution >= 4 is 11.6 Å². The van der Waals surface area contributed by atoms with Crippen LogP contribution in [0, 0.1) is 0 Å². The number of hydrogen-bond donors (Lipinski definition) is 4. The van der Waals surface area contributed by atoms with Crippen LogP contribution >= 0.6 is 0 Å². The normalized spacial score (nSPS) is 17.9. The van der Waals surface area contributed by atoms with Gasteiger partial charge in [0.25, 0.3) is 0 Å². The highest BCUT2D eigenvalue weighted by molar-refractivity contribution is 5.47. The first kappa shape index (κ1) is 14.0. The highest BCUT2D eigenvalue weighted by Gasteiger charge is 2.27. The molecule has 1 aliphatic rings. The summed E-state index contributed by atoms with van der Waals surface area (Å²) in [6.07, 6.45) is 3.98. The van der Waals surface area contributed by atoms with Crippen molar-refractivity contribution in [2.45, 2.75) is 51.0 Å². The Kier molecular flexibility index (Phi) is 4.21. The number of nitrogens with one attached hydrogen (secondary N) is 2. The number of nitrogens with two attached hydrogens (primary N) is 1. The lowest BCUT2D eigenvalue weighted by Gasteiger charge is -2.23. The molecule has 1 fully saturated rings. The summed E-state index contributed by atoms with van der Waals surface area (Å²) in [7, 11) is 0. The standard InChI is InChI=1S/C13H23N5O/c1-3-6-13(2,19)8-15-10-7-11(18-14)17-12(16-10)9-4-5-9/h7,9,19H,3-6,8,14H2,1-2H3,(H2,15,16,17,18). The van der Waals surface area contributed by atoms with Gasteiger partial charge < -0.3 is 15.8 Å². The van der Waals surface area contributed by atoms with E-state index in [0.29, 0.717) is 24.1 Å². The number of aliphatic hydroxyl groups is 1. The van der Waals surface area contributed by atoms with Crippen LogP contribution in [0.4, 0.5) is 11.6 Å². The first-order chi connectivity index (χ1) is 9.04. The first-order valence-corrected chi connectivity index (χ1v) is 6.86. The SMILES string of the molecule is CCCC(C)(O)CNc1cc(NN)nc(C2CC2)n1. The summed E-state index contributed by atoms with van der Waals surface area (Å²) in [5.74, 6) is 8.03. The molecule has 2 rings (SSSR count). The van der Waals surface area contributed by atoms with Crippen molar-refractivity contribution in [3.8, 4) is 0 Å². The van der Waals surface area contributed by atoms with Gasteiger partial charge in [-0.2, -0.15) is 0 Å². The van der Waals surface area contributed by atoms with E-state index in [2.05, 4.69) is 27.6 Å². The molecule has 1 aromatic heterocycles. The summed E-state index contributed by atoms with van der Waals surface area (Å²) in [6.45, 7) is 4.35. The molecule has 0 aliphatic heterocycles. The molecule has 1 unspecified atom stereocenters. The van der Waals surface area contributed by atoms with Gasteiger partial charge in [-0.15, -0.1) is 0 Å². The molecule has 106 valence electrons. The maximum absolute atomic E-state index is 10.1. The summed E-state index contributed by atoms with van der Waals surface area (Å²) in [4.78, 5) is 8.82. The smallest absolute Gasteiger partial charge is 0.145 e. The van der Waals surface area contributed by atoms with Crippen LogP contribution in [0.3, 0.4) is 0 Å². The van der Waals surface area contributed by atoms with E-state index in [9.17, 15) is 5.11 Å². The monoisotopic (exact) mass is 265 g/mol. The molecular weight excluding hydrogens is 242 g/mol. The molecule has 1 aromatic rings. The van der Waals surface area contributed by atoms with Crippen molar-refractivity contribution in [3.63, 3.8) is 0 Å². The van der Waals surface area contributed by atoms with E-state index in [1.807, 2.05) is 6.92 Å². The van der Waals surface area contributed by atoms with E-state index in [-0.39, 0.29) is 0 Å². The van der Waals surface area contributed by atoms with E-state index >= 15 is 0 Å². The zero-order valence-corrected chi connectivity index (χ0v) is 11.6. The third-order valence-electron chi connectivity index (χ3n) is 3.27. The topological polar surface area (TPSA) is 96.1 Å². The predicted octanol–water partition coefficient (Wildman–Crippen LogP) is 1.60. The van der Waals surface area contributed by atoms with Crippen LogP contribution in [0.1, 0.15) is 51.3 Å². The molecule has 1 heterocycles. The van der Waals surface area contributed by atoms with Gasteiger partial charge in [0.2, 0.25) is 0 Å². The van der Waals surface area contributed by atoms with E-state index in [0.717, 1.165) is 31.5 Å². The van der Waals surface area contributed by atoms with Crippen LogP contribution in [0.2, 0.25) is 0 Å². The van der Waals surface area contributed by atoms with E-state index in [1.165, 1.54) is 0 Å². The van der Waals surface area contributed by atoms with Crippen molar-refractivity contribution in [1.82, 2.24) is 9.97 Å². The van der Waals surface area contributed by atoms with Crippen LogP contribution in [-0.2, 0) is 0 Å². The van der Waals surface area contributed by atoms with Gasteiger partial charge in [0, 0.05) is 18.5 Å². The Labute approximate surface area is 113 Å². The Bertz CT molecular complexity index is 431. The predicted molar refractivity (Wildman–Crippen MR) is 75.8 cm³/mol. The van der Waals surface area contributed by atoms with E-state index < -0.39 is 5.60 Å². The fraction of sp³-hybridized carbons (Fsp3) is 0.692. The summed E-state index contributed by atoms with van der Waals surface area (Å²) >= 11 is 0. The van der Waals surface area contributed by atoms with Gasteiger partial charge in [0.15, 0.2) is 0 Å². The Morgan fingerprint density at radius 2 is 2.11 bits per heavy atom. The van der Waals surface area contributed by atoms with Crippen LogP contribution in [-0.4, -0.2) is 27.2 Å². The highest BCUT2D eigenvalue weighted by atomic mass is 16.3. The molecule has 0 aromatic carbocycles. The maximum atomic E-state index is 10.1. The van der Waals surface area contributed by atoms with Crippen LogP contribution in [0.25, 0.3) is 0 Å². The molecule has 0 bridgehead atoms. The summed E-state index contributed by atoms with van der Waals surface area (Å²) in [5, 5.41) is 13.3. The maximum Gasteiger partial charge on any atom is 0.145 e. The first-order valence-electron chi connectivity index (χ1n) is 6.86. The van der Waals surface area contributed by atoms with Gasteiger partial charge in [-0.1, -0.05) is 13.3 Å². The highest BCUT2D eigenvalue weighted by Crippen LogP contribution is 2.38. The summed E-state index contributed by atoms with van der Waals surface area (Å²) in [5.41, 5.74) is 1.83. The van der Waals surface area contributed by atoms with Gasteiger partial charge in [0.1, 0.15) is 17.5 Å². The molecule has 0 saturated heterocycles. The van der Waals surface area contributed by atoms with Crippen molar-refractivity contribution in [1.29, 1.82) is 0 Å². The van der Waals surface area contributed by atoms with Crippen LogP contribution < -0.4 is 16.6 Å². The molecule has 1 aliphatic carbocycles. The minimum absolute atomic E-state index is 0.463. The van der Waals surface area contributed by atoms with Crippen molar-refractivity contribution in [3.05, 3.63) is 11.9 Å². The largest absolute Gasteiger partial charge is 0.388 e. The number of nitrogens with zero attached hydrogens (tertiary/aromatic N) is 2. The minimum Gasteiger partial charge on any atom is -0.388 e. The summed E-state index contributed by atoms with van der Waals surface area (Å²) < 4.78 is 0. The Hall–Kier alpha value is -1.40. The summed E-state index contributed by atoms with van der Waals surface area (Å²) in [6, 6.07) is 1.76. The third kappa shape index (κ3) is 4.04. The van der Waals surface area contributed by atoms with Crippen LogP contribution in [0.15, 0.2) is 6.07 Å². The molecule has 1 atom stereocenters. The molecule has 1 saturated carbocycles. The molecule has 6 heteroatoms. The molecule has 19 heavy (non-hydrogen) atoms. The number of hydrazine groups is 1. The van der Waals surface area contributed by atoms with Gasteiger partial charge in [-0.3, -0.25) is 0 Å². The van der Waals surface area contributed by atoms with Crippen molar-refractivity contribution < 1.29 is 5.11 Å².